The molecule has 7 nitrogen and oxygen atoms in total. The molecule has 27 heavy (non-hydrogen) atoms. The summed E-state index contributed by atoms with van der Waals surface area (Å²) in [6.45, 7) is 3.31. The Morgan fingerprint density at radius 2 is 2.00 bits per heavy atom. The average Bonchev–Trinajstić information content (AvgIpc) is 2.64. The van der Waals surface area contributed by atoms with E-state index in [0.29, 0.717) is 36.4 Å². The minimum Gasteiger partial charge on any atom is -0.471 e. The number of nitrogens with zero attached hydrogens (tertiary/aromatic N) is 4. The van der Waals surface area contributed by atoms with Gasteiger partial charge in [0.2, 0.25) is 11.8 Å². The van der Waals surface area contributed by atoms with Crippen molar-refractivity contribution >= 4 is 16.8 Å². The maximum atomic E-state index is 12.4. The van der Waals surface area contributed by atoms with Crippen molar-refractivity contribution in [3.63, 3.8) is 0 Å². The summed E-state index contributed by atoms with van der Waals surface area (Å²) in [5.74, 6) is 0.591. The standard InChI is InChI=1S/C20H20N4O3/c1-14-5-4-8-18(22-14)27-15-11-24(12-15)19(25)9-10-23-13-21-17-7-3-2-6-16(17)20(23)26/h2-8,13,15H,9-12H2,1H3. The van der Waals surface area contributed by atoms with Gasteiger partial charge in [-0.15, -0.1) is 0 Å². The van der Waals surface area contributed by atoms with Crippen LogP contribution in [-0.2, 0) is 11.3 Å². The van der Waals surface area contributed by atoms with Crippen LogP contribution in [0.1, 0.15) is 12.1 Å². The Hall–Kier alpha value is -3.22. The molecule has 3 heterocycles. The molecular weight excluding hydrogens is 344 g/mol. The number of rotatable bonds is 5. The van der Waals surface area contributed by atoms with Crippen LogP contribution in [0.15, 0.2) is 53.6 Å². The fourth-order valence-corrected chi connectivity index (χ4v) is 3.11. The second-order valence-electron chi connectivity index (χ2n) is 6.67. The van der Waals surface area contributed by atoms with Crippen molar-refractivity contribution in [2.24, 2.45) is 0 Å². The van der Waals surface area contributed by atoms with Crippen molar-refractivity contribution in [3.05, 3.63) is 64.8 Å². The smallest absolute Gasteiger partial charge is 0.261 e. The Morgan fingerprint density at radius 3 is 2.81 bits per heavy atom. The highest BCUT2D eigenvalue weighted by atomic mass is 16.5. The predicted octanol–water partition coefficient (Wildman–Crippen LogP) is 1.78. The molecule has 0 bridgehead atoms. The number of amides is 1. The van der Waals surface area contributed by atoms with E-state index in [0.717, 1.165) is 5.69 Å². The lowest BCUT2D eigenvalue weighted by molar-refractivity contribution is -0.140. The van der Waals surface area contributed by atoms with Crippen LogP contribution in [0.3, 0.4) is 0 Å². The van der Waals surface area contributed by atoms with E-state index in [9.17, 15) is 9.59 Å². The van der Waals surface area contributed by atoms with E-state index in [2.05, 4.69) is 9.97 Å². The van der Waals surface area contributed by atoms with Crippen LogP contribution >= 0.6 is 0 Å². The summed E-state index contributed by atoms with van der Waals surface area (Å²) in [6, 6.07) is 12.8. The quantitative estimate of drug-likeness (QED) is 0.690. The van der Waals surface area contributed by atoms with Gasteiger partial charge in [0.05, 0.1) is 30.3 Å². The fourth-order valence-electron chi connectivity index (χ4n) is 3.11. The van der Waals surface area contributed by atoms with Gasteiger partial charge >= 0.3 is 0 Å². The minimum absolute atomic E-state index is 0.00658. The molecule has 2 aromatic heterocycles. The van der Waals surface area contributed by atoms with Crippen molar-refractivity contribution in [1.29, 1.82) is 0 Å². The number of carbonyl (C=O) groups is 1. The first-order valence-electron chi connectivity index (χ1n) is 8.92. The van der Waals surface area contributed by atoms with E-state index in [1.807, 2.05) is 37.3 Å². The Kier molecular flexibility index (Phi) is 4.58. The molecule has 4 rings (SSSR count). The molecule has 1 aliphatic rings. The molecule has 1 saturated heterocycles. The molecule has 0 unspecified atom stereocenters. The highest BCUT2D eigenvalue weighted by molar-refractivity contribution is 5.78. The van der Waals surface area contributed by atoms with Gasteiger partial charge in [0.1, 0.15) is 6.10 Å². The first-order valence-corrected chi connectivity index (χ1v) is 8.92. The van der Waals surface area contributed by atoms with Crippen LogP contribution in [0.25, 0.3) is 10.9 Å². The van der Waals surface area contributed by atoms with E-state index < -0.39 is 0 Å². The number of para-hydroxylation sites is 1. The predicted molar refractivity (Wildman–Crippen MR) is 101 cm³/mol. The van der Waals surface area contributed by atoms with E-state index in [4.69, 9.17) is 4.74 Å². The van der Waals surface area contributed by atoms with Gasteiger partial charge in [0, 0.05) is 24.7 Å². The number of pyridine rings is 1. The van der Waals surface area contributed by atoms with E-state index in [1.165, 1.54) is 10.9 Å². The number of ether oxygens (including phenoxy) is 1. The van der Waals surface area contributed by atoms with Crippen molar-refractivity contribution < 1.29 is 9.53 Å². The SMILES string of the molecule is Cc1cccc(OC2CN(C(=O)CCn3cnc4ccccc4c3=O)C2)n1. The number of hydrogen-bond donors (Lipinski definition) is 0. The van der Waals surface area contributed by atoms with Crippen molar-refractivity contribution in [1.82, 2.24) is 19.4 Å². The Balaban J connectivity index is 1.31. The zero-order valence-electron chi connectivity index (χ0n) is 15.0. The number of aryl methyl sites for hydroxylation is 2. The van der Waals surface area contributed by atoms with Gasteiger partial charge in [-0.05, 0) is 25.1 Å². The Morgan fingerprint density at radius 1 is 1.19 bits per heavy atom. The van der Waals surface area contributed by atoms with E-state index in [-0.39, 0.29) is 24.0 Å². The summed E-state index contributed by atoms with van der Waals surface area (Å²) < 4.78 is 7.26. The molecule has 1 amide bonds. The molecule has 1 aliphatic heterocycles. The van der Waals surface area contributed by atoms with Gasteiger partial charge in [-0.25, -0.2) is 9.97 Å². The topological polar surface area (TPSA) is 77.3 Å². The molecule has 0 spiro atoms. The molecule has 1 fully saturated rings. The van der Waals surface area contributed by atoms with Crippen LogP contribution in [0, 0.1) is 6.92 Å². The van der Waals surface area contributed by atoms with Gasteiger partial charge in [-0.2, -0.15) is 0 Å². The van der Waals surface area contributed by atoms with Gasteiger partial charge in [0.25, 0.3) is 5.56 Å². The zero-order chi connectivity index (χ0) is 18.8. The molecule has 0 atom stereocenters. The van der Waals surface area contributed by atoms with Crippen LogP contribution in [0.5, 0.6) is 5.88 Å². The third-order valence-corrected chi connectivity index (χ3v) is 4.65. The Labute approximate surface area is 156 Å². The molecule has 7 heteroatoms. The van der Waals surface area contributed by atoms with E-state index in [1.54, 1.807) is 17.0 Å². The van der Waals surface area contributed by atoms with Crippen molar-refractivity contribution in [3.8, 4) is 5.88 Å². The van der Waals surface area contributed by atoms with Crippen LogP contribution in [0.4, 0.5) is 0 Å². The first-order chi connectivity index (χ1) is 13.1. The lowest BCUT2D eigenvalue weighted by Crippen LogP contribution is -2.56. The molecule has 0 saturated carbocycles. The molecule has 1 aromatic carbocycles. The third-order valence-electron chi connectivity index (χ3n) is 4.65. The van der Waals surface area contributed by atoms with Gasteiger partial charge < -0.3 is 9.64 Å². The number of hydrogen-bond acceptors (Lipinski definition) is 5. The second kappa shape index (κ2) is 7.19. The summed E-state index contributed by atoms with van der Waals surface area (Å²) in [5.41, 5.74) is 1.44. The number of fused-ring (bicyclic) bond motifs is 1. The molecule has 0 aliphatic carbocycles. The Bertz CT molecular complexity index is 1040. The largest absolute Gasteiger partial charge is 0.471 e. The zero-order valence-corrected chi connectivity index (χ0v) is 15.0. The van der Waals surface area contributed by atoms with Crippen molar-refractivity contribution in [2.45, 2.75) is 26.0 Å². The highest BCUT2D eigenvalue weighted by Crippen LogP contribution is 2.17. The van der Waals surface area contributed by atoms with Gasteiger partial charge in [-0.3, -0.25) is 14.2 Å². The average molecular weight is 364 g/mol. The monoisotopic (exact) mass is 364 g/mol. The summed E-state index contributed by atoms with van der Waals surface area (Å²) in [5, 5.41) is 0.565. The molecule has 0 radical (unpaired) electrons. The normalized spacial score (nSPS) is 14.2. The minimum atomic E-state index is -0.122. The molecule has 3 aromatic rings. The third kappa shape index (κ3) is 3.67. The first kappa shape index (κ1) is 17.2. The lowest BCUT2D eigenvalue weighted by Gasteiger charge is -2.38. The van der Waals surface area contributed by atoms with Crippen LogP contribution in [0.2, 0.25) is 0 Å². The van der Waals surface area contributed by atoms with E-state index >= 15 is 0 Å². The van der Waals surface area contributed by atoms with Crippen LogP contribution < -0.4 is 10.3 Å². The molecule has 138 valence electrons. The van der Waals surface area contributed by atoms with Gasteiger partial charge in [0.15, 0.2) is 0 Å². The second-order valence-corrected chi connectivity index (χ2v) is 6.67. The van der Waals surface area contributed by atoms with Crippen LogP contribution in [-0.4, -0.2) is 44.5 Å². The molecular formula is C20H20N4O3. The lowest BCUT2D eigenvalue weighted by atomic mass is 10.1. The summed E-state index contributed by atoms with van der Waals surface area (Å²) in [6.07, 6.45) is 1.73. The number of likely N-dealkylation sites (tertiary alicyclic amines) is 1. The maximum absolute atomic E-state index is 12.4. The number of aromatic nitrogens is 3. The maximum Gasteiger partial charge on any atom is 0.261 e. The van der Waals surface area contributed by atoms with Gasteiger partial charge in [-0.1, -0.05) is 18.2 Å². The van der Waals surface area contributed by atoms with Crippen molar-refractivity contribution in [2.75, 3.05) is 13.1 Å². The number of benzene rings is 1. The fraction of sp³-hybridized carbons (Fsp3) is 0.300. The summed E-state index contributed by atoms with van der Waals surface area (Å²) in [4.78, 5) is 35.1. The summed E-state index contributed by atoms with van der Waals surface area (Å²) >= 11 is 0. The molecule has 0 N–H and O–H groups in total. The summed E-state index contributed by atoms with van der Waals surface area (Å²) in [7, 11) is 0. The number of carbonyl (C=O) groups excluding carboxylic acids is 1. The highest BCUT2D eigenvalue weighted by Gasteiger charge is 2.32.